The maximum absolute atomic E-state index is 6.06. The maximum atomic E-state index is 6.06. The molecule has 1 fully saturated rings. The number of hydrogen-bond donors (Lipinski definition) is 2. The van der Waals surface area contributed by atoms with Crippen molar-refractivity contribution in [1.29, 1.82) is 0 Å². The standard InChI is InChI=1S/C14H21N5S2/c1-3-19-6-4-5-10(7-19)17-14-11(12(15)18-21-14)13-16-9(2)8-20-13/h8,10,17H,3-7H2,1-2H3,(H2,15,18). The number of hydrogen-bond acceptors (Lipinski definition) is 7. The van der Waals surface area contributed by atoms with E-state index in [0.29, 0.717) is 11.9 Å². The number of aryl methyl sites for hydroxylation is 1. The molecule has 1 unspecified atom stereocenters. The van der Waals surface area contributed by atoms with Crippen molar-refractivity contribution in [1.82, 2.24) is 14.3 Å². The minimum Gasteiger partial charge on any atom is -0.382 e. The fraction of sp³-hybridized carbons (Fsp3) is 0.571. The topological polar surface area (TPSA) is 67.1 Å². The highest BCUT2D eigenvalue weighted by molar-refractivity contribution is 7.15. The first kappa shape index (κ1) is 14.7. The average molecular weight is 323 g/mol. The second kappa shape index (κ2) is 6.29. The number of likely N-dealkylation sites (tertiary alicyclic amines) is 1. The molecule has 114 valence electrons. The predicted octanol–water partition coefficient (Wildman–Crippen LogP) is 3.05. The fourth-order valence-electron chi connectivity index (χ4n) is 2.72. The van der Waals surface area contributed by atoms with Crippen molar-refractivity contribution in [3.63, 3.8) is 0 Å². The van der Waals surface area contributed by atoms with E-state index in [0.717, 1.165) is 34.4 Å². The molecule has 1 atom stereocenters. The van der Waals surface area contributed by atoms with Gasteiger partial charge in [0.05, 0.1) is 5.56 Å². The lowest BCUT2D eigenvalue weighted by Crippen LogP contribution is -2.41. The van der Waals surface area contributed by atoms with Crippen LogP contribution in [0.3, 0.4) is 0 Å². The van der Waals surface area contributed by atoms with Gasteiger partial charge in [-0.25, -0.2) is 4.98 Å². The molecule has 3 N–H and O–H groups in total. The van der Waals surface area contributed by atoms with E-state index in [2.05, 4.69) is 31.9 Å². The van der Waals surface area contributed by atoms with E-state index in [4.69, 9.17) is 5.73 Å². The van der Waals surface area contributed by atoms with Gasteiger partial charge in [0, 0.05) is 23.7 Å². The number of anilines is 2. The number of nitrogen functional groups attached to an aromatic ring is 1. The number of likely N-dealkylation sites (N-methyl/N-ethyl adjacent to an activating group) is 1. The van der Waals surface area contributed by atoms with Crippen molar-refractivity contribution in [3.8, 4) is 10.6 Å². The van der Waals surface area contributed by atoms with Crippen LogP contribution in [0, 0.1) is 6.92 Å². The second-order valence-corrected chi connectivity index (χ2v) is 7.07. The van der Waals surface area contributed by atoms with Gasteiger partial charge in [0.15, 0.2) is 0 Å². The summed E-state index contributed by atoms with van der Waals surface area (Å²) in [7, 11) is 0. The van der Waals surface area contributed by atoms with Crippen LogP contribution in [-0.4, -0.2) is 39.9 Å². The van der Waals surface area contributed by atoms with E-state index in [1.807, 2.05) is 6.92 Å². The first-order valence-corrected chi connectivity index (χ1v) is 8.99. The zero-order valence-corrected chi connectivity index (χ0v) is 14.1. The number of nitrogens with two attached hydrogens (primary N) is 1. The molecule has 0 amide bonds. The summed E-state index contributed by atoms with van der Waals surface area (Å²) in [6.07, 6.45) is 2.44. The van der Waals surface area contributed by atoms with Gasteiger partial charge in [0.25, 0.3) is 0 Å². The summed E-state index contributed by atoms with van der Waals surface area (Å²) in [6.45, 7) is 7.63. The van der Waals surface area contributed by atoms with Crippen LogP contribution < -0.4 is 11.1 Å². The van der Waals surface area contributed by atoms with Crippen molar-refractivity contribution in [2.45, 2.75) is 32.7 Å². The third-order valence-electron chi connectivity index (χ3n) is 3.84. The Labute approximate surface area is 133 Å². The van der Waals surface area contributed by atoms with Crippen LogP contribution in [0.1, 0.15) is 25.5 Å². The number of nitrogens with zero attached hydrogens (tertiary/aromatic N) is 3. The minimum absolute atomic E-state index is 0.471. The summed E-state index contributed by atoms with van der Waals surface area (Å²) in [5.41, 5.74) is 8.06. The van der Waals surface area contributed by atoms with E-state index in [1.54, 1.807) is 11.3 Å². The summed E-state index contributed by atoms with van der Waals surface area (Å²) >= 11 is 3.07. The largest absolute Gasteiger partial charge is 0.382 e. The molecular formula is C14H21N5S2. The highest BCUT2D eigenvalue weighted by Gasteiger charge is 2.23. The third kappa shape index (κ3) is 3.20. The van der Waals surface area contributed by atoms with Gasteiger partial charge in [-0.2, -0.15) is 4.37 Å². The summed E-state index contributed by atoms with van der Waals surface area (Å²) in [5.74, 6) is 0.583. The molecule has 3 heterocycles. The van der Waals surface area contributed by atoms with E-state index in [-0.39, 0.29) is 0 Å². The van der Waals surface area contributed by atoms with Gasteiger partial charge in [-0.1, -0.05) is 6.92 Å². The number of thiazole rings is 1. The number of nitrogens with one attached hydrogen (secondary N) is 1. The summed E-state index contributed by atoms with van der Waals surface area (Å²) < 4.78 is 4.32. The highest BCUT2D eigenvalue weighted by atomic mass is 32.1. The summed E-state index contributed by atoms with van der Waals surface area (Å²) in [4.78, 5) is 7.04. The Morgan fingerprint density at radius 2 is 2.38 bits per heavy atom. The summed E-state index contributed by atoms with van der Waals surface area (Å²) in [5, 5.41) is 7.72. The van der Waals surface area contributed by atoms with Crippen LogP contribution in [0.15, 0.2) is 5.38 Å². The molecule has 2 aromatic heterocycles. The lowest BCUT2D eigenvalue weighted by atomic mass is 10.1. The number of piperidine rings is 1. The molecule has 7 heteroatoms. The Bertz CT molecular complexity index is 606. The molecule has 5 nitrogen and oxygen atoms in total. The molecule has 0 radical (unpaired) electrons. The zero-order chi connectivity index (χ0) is 14.8. The third-order valence-corrected chi connectivity index (χ3v) is 5.61. The lowest BCUT2D eigenvalue weighted by Gasteiger charge is -2.32. The van der Waals surface area contributed by atoms with Crippen LogP contribution in [0.2, 0.25) is 0 Å². The van der Waals surface area contributed by atoms with Gasteiger partial charge in [0.1, 0.15) is 15.8 Å². The molecule has 0 aromatic carbocycles. The lowest BCUT2D eigenvalue weighted by molar-refractivity contribution is 0.227. The molecule has 1 aliphatic heterocycles. The zero-order valence-electron chi connectivity index (χ0n) is 12.4. The first-order valence-electron chi connectivity index (χ1n) is 7.34. The van der Waals surface area contributed by atoms with Crippen LogP contribution in [0.4, 0.5) is 10.8 Å². The van der Waals surface area contributed by atoms with Crippen molar-refractivity contribution in [2.24, 2.45) is 0 Å². The van der Waals surface area contributed by atoms with E-state index in [9.17, 15) is 0 Å². The van der Waals surface area contributed by atoms with Crippen molar-refractivity contribution in [2.75, 3.05) is 30.7 Å². The SMILES string of the molecule is CCN1CCCC(Nc2snc(N)c2-c2nc(C)cs2)C1. The fourth-order valence-corrected chi connectivity index (χ4v) is 4.44. The molecule has 0 aliphatic carbocycles. The van der Waals surface area contributed by atoms with Crippen molar-refractivity contribution < 1.29 is 0 Å². The Balaban J connectivity index is 1.80. The van der Waals surface area contributed by atoms with Crippen LogP contribution in [0.5, 0.6) is 0 Å². The maximum Gasteiger partial charge on any atom is 0.149 e. The summed E-state index contributed by atoms with van der Waals surface area (Å²) in [6, 6.07) is 0.471. The Morgan fingerprint density at radius 3 is 3.10 bits per heavy atom. The van der Waals surface area contributed by atoms with E-state index < -0.39 is 0 Å². The average Bonchev–Trinajstić information content (AvgIpc) is 3.05. The molecule has 0 spiro atoms. The van der Waals surface area contributed by atoms with Crippen molar-refractivity contribution >= 4 is 33.7 Å². The van der Waals surface area contributed by atoms with Gasteiger partial charge < -0.3 is 16.0 Å². The normalized spacial score (nSPS) is 19.8. The molecule has 0 saturated carbocycles. The smallest absolute Gasteiger partial charge is 0.149 e. The second-order valence-electron chi connectivity index (χ2n) is 5.44. The quantitative estimate of drug-likeness (QED) is 0.905. The van der Waals surface area contributed by atoms with Gasteiger partial charge in [-0.3, -0.25) is 0 Å². The first-order chi connectivity index (χ1) is 10.2. The number of aromatic nitrogens is 2. The van der Waals surface area contributed by atoms with Gasteiger partial charge >= 0.3 is 0 Å². The van der Waals surface area contributed by atoms with Crippen molar-refractivity contribution in [3.05, 3.63) is 11.1 Å². The molecule has 3 rings (SSSR count). The highest BCUT2D eigenvalue weighted by Crippen LogP contribution is 2.39. The molecule has 1 saturated heterocycles. The van der Waals surface area contributed by atoms with Gasteiger partial charge in [-0.15, -0.1) is 11.3 Å². The molecular weight excluding hydrogens is 302 g/mol. The Hall–Kier alpha value is -1.18. The van der Waals surface area contributed by atoms with Gasteiger partial charge in [0.2, 0.25) is 0 Å². The Kier molecular flexibility index (Phi) is 4.42. The van der Waals surface area contributed by atoms with Crippen LogP contribution >= 0.6 is 22.9 Å². The molecule has 0 bridgehead atoms. The van der Waals surface area contributed by atoms with E-state index in [1.165, 1.54) is 30.9 Å². The number of rotatable bonds is 4. The Morgan fingerprint density at radius 1 is 1.52 bits per heavy atom. The van der Waals surface area contributed by atoms with Crippen LogP contribution in [0.25, 0.3) is 10.6 Å². The molecule has 21 heavy (non-hydrogen) atoms. The predicted molar refractivity (Wildman–Crippen MR) is 91.1 cm³/mol. The minimum atomic E-state index is 0.471. The monoisotopic (exact) mass is 323 g/mol. The van der Waals surface area contributed by atoms with E-state index >= 15 is 0 Å². The molecule has 2 aromatic rings. The molecule has 1 aliphatic rings. The van der Waals surface area contributed by atoms with Crippen LogP contribution in [-0.2, 0) is 0 Å². The van der Waals surface area contributed by atoms with Gasteiger partial charge in [-0.05, 0) is 44.4 Å².